The summed E-state index contributed by atoms with van der Waals surface area (Å²) in [5.74, 6) is -0.192. The first-order valence-corrected chi connectivity index (χ1v) is 9.94. The quantitative estimate of drug-likeness (QED) is 0.575. The van der Waals surface area contributed by atoms with Crippen LogP contribution in [0.2, 0.25) is 0 Å². The molecule has 1 aromatic heterocycles. The van der Waals surface area contributed by atoms with Crippen LogP contribution in [-0.4, -0.2) is 40.9 Å². The van der Waals surface area contributed by atoms with Gasteiger partial charge >= 0.3 is 5.97 Å². The van der Waals surface area contributed by atoms with Crippen LogP contribution in [-0.2, 0) is 16.6 Å². The van der Waals surface area contributed by atoms with Crippen molar-refractivity contribution >= 4 is 17.6 Å². The molecule has 0 spiro atoms. The van der Waals surface area contributed by atoms with E-state index in [1.165, 1.54) is 5.01 Å². The predicted octanol–water partition coefficient (Wildman–Crippen LogP) is 3.57. The molecule has 1 atom stereocenters. The predicted molar refractivity (Wildman–Crippen MR) is 116 cm³/mol. The third kappa shape index (κ3) is 4.35. The standard InChI is InChI=1S/C24H23N3O4/c1-26-14-6-9-21(26)24(29)31-16-23(28)27-22(18-10-12-19(30-2)13-11-18)15-20(25-27)17-7-4-3-5-8-17/h3-14,22H,15-16H2,1-2H3/t22-/m1/s1. The molecule has 0 unspecified atom stereocenters. The number of nitrogens with zero attached hydrogens (tertiary/aromatic N) is 3. The fourth-order valence-electron chi connectivity index (χ4n) is 3.57. The fraction of sp³-hybridized carbons (Fsp3) is 0.208. The molecule has 0 aliphatic carbocycles. The van der Waals surface area contributed by atoms with Crippen molar-refractivity contribution in [2.75, 3.05) is 13.7 Å². The minimum atomic E-state index is -0.548. The van der Waals surface area contributed by atoms with Crippen molar-refractivity contribution in [1.82, 2.24) is 9.58 Å². The van der Waals surface area contributed by atoms with Crippen LogP contribution < -0.4 is 4.74 Å². The third-order valence-corrected chi connectivity index (χ3v) is 5.25. The molecule has 7 nitrogen and oxygen atoms in total. The molecule has 0 saturated carbocycles. The van der Waals surface area contributed by atoms with Gasteiger partial charge in [0.1, 0.15) is 11.4 Å². The molecule has 1 aliphatic heterocycles. The van der Waals surface area contributed by atoms with E-state index in [4.69, 9.17) is 9.47 Å². The average Bonchev–Trinajstić information content (AvgIpc) is 3.45. The highest BCUT2D eigenvalue weighted by atomic mass is 16.5. The van der Waals surface area contributed by atoms with E-state index in [0.717, 1.165) is 22.6 Å². The van der Waals surface area contributed by atoms with Gasteiger partial charge in [0.25, 0.3) is 5.91 Å². The molecule has 3 aromatic rings. The van der Waals surface area contributed by atoms with Crippen molar-refractivity contribution in [2.45, 2.75) is 12.5 Å². The zero-order valence-corrected chi connectivity index (χ0v) is 17.4. The maximum absolute atomic E-state index is 13.0. The minimum absolute atomic E-state index is 0.289. The number of methoxy groups -OCH3 is 1. The number of ether oxygens (including phenoxy) is 2. The topological polar surface area (TPSA) is 73.1 Å². The van der Waals surface area contributed by atoms with E-state index in [9.17, 15) is 9.59 Å². The molecule has 0 saturated heterocycles. The summed E-state index contributed by atoms with van der Waals surface area (Å²) >= 11 is 0. The van der Waals surface area contributed by atoms with E-state index < -0.39 is 5.97 Å². The number of rotatable bonds is 6. The number of hydrogen-bond acceptors (Lipinski definition) is 5. The summed E-state index contributed by atoms with van der Waals surface area (Å²) in [6, 6.07) is 20.4. The smallest absolute Gasteiger partial charge is 0.355 e. The molecule has 158 valence electrons. The van der Waals surface area contributed by atoms with Gasteiger partial charge in [-0.05, 0) is 35.4 Å². The van der Waals surface area contributed by atoms with Gasteiger partial charge in [0.15, 0.2) is 6.61 Å². The molecule has 7 heteroatoms. The highest BCUT2D eigenvalue weighted by Gasteiger charge is 2.33. The van der Waals surface area contributed by atoms with Gasteiger partial charge in [-0.1, -0.05) is 42.5 Å². The number of carbonyl (C=O) groups is 2. The molecule has 1 amide bonds. The van der Waals surface area contributed by atoms with Crippen molar-refractivity contribution in [1.29, 1.82) is 0 Å². The largest absolute Gasteiger partial charge is 0.497 e. The van der Waals surface area contributed by atoms with E-state index in [1.807, 2.05) is 54.6 Å². The number of hydrogen-bond donors (Lipinski definition) is 0. The second-order valence-corrected chi connectivity index (χ2v) is 7.22. The van der Waals surface area contributed by atoms with Crippen molar-refractivity contribution in [2.24, 2.45) is 12.1 Å². The number of aromatic nitrogens is 1. The van der Waals surface area contributed by atoms with Crippen LogP contribution in [0.3, 0.4) is 0 Å². The Bertz CT molecular complexity index is 1100. The van der Waals surface area contributed by atoms with Crippen LogP contribution in [0.5, 0.6) is 5.75 Å². The lowest BCUT2D eigenvalue weighted by atomic mass is 9.98. The molecule has 2 aromatic carbocycles. The Hall–Kier alpha value is -3.87. The Kier molecular flexibility index (Phi) is 5.84. The van der Waals surface area contributed by atoms with E-state index in [1.54, 1.807) is 37.1 Å². The number of esters is 1. The first kappa shape index (κ1) is 20.4. The number of carbonyl (C=O) groups excluding carboxylic acids is 2. The minimum Gasteiger partial charge on any atom is -0.497 e. The SMILES string of the molecule is COc1ccc([C@H]2CC(c3ccccc3)=NN2C(=O)COC(=O)c2cccn2C)cc1. The lowest BCUT2D eigenvalue weighted by Gasteiger charge is -2.22. The van der Waals surface area contributed by atoms with Crippen LogP contribution in [0.25, 0.3) is 0 Å². The first-order chi connectivity index (χ1) is 15.1. The molecule has 0 radical (unpaired) electrons. The Morgan fingerprint density at radius 1 is 1.03 bits per heavy atom. The van der Waals surface area contributed by atoms with E-state index in [0.29, 0.717) is 12.1 Å². The molecule has 0 bridgehead atoms. The maximum atomic E-state index is 13.0. The summed E-state index contributed by atoms with van der Waals surface area (Å²) in [4.78, 5) is 25.3. The van der Waals surface area contributed by atoms with Crippen LogP contribution in [0.4, 0.5) is 0 Å². The monoisotopic (exact) mass is 417 g/mol. The van der Waals surface area contributed by atoms with Crippen LogP contribution in [0.15, 0.2) is 78.0 Å². The molecule has 4 rings (SSSR count). The Morgan fingerprint density at radius 2 is 1.77 bits per heavy atom. The zero-order chi connectivity index (χ0) is 21.8. The number of hydrazone groups is 1. The summed E-state index contributed by atoms with van der Waals surface area (Å²) in [7, 11) is 3.35. The second-order valence-electron chi connectivity index (χ2n) is 7.22. The molecule has 1 aliphatic rings. The van der Waals surface area contributed by atoms with Crippen molar-refractivity contribution in [3.05, 3.63) is 89.7 Å². The average molecular weight is 417 g/mol. The highest BCUT2D eigenvalue weighted by molar-refractivity contribution is 6.03. The summed E-state index contributed by atoms with van der Waals surface area (Å²) in [5, 5.41) is 6.01. The second kappa shape index (κ2) is 8.87. The lowest BCUT2D eigenvalue weighted by molar-refractivity contribution is -0.136. The summed E-state index contributed by atoms with van der Waals surface area (Å²) in [6.07, 6.45) is 2.31. The molecule has 0 N–H and O–H groups in total. The maximum Gasteiger partial charge on any atom is 0.355 e. The first-order valence-electron chi connectivity index (χ1n) is 9.94. The van der Waals surface area contributed by atoms with Gasteiger partial charge in [-0.15, -0.1) is 0 Å². The molecular weight excluding hydrogens is 394 g/mol. The zero-order valence-electron chi connectivity index (χ0n) is 17.4. The van der Waals surface area contributed by atoms with Gasteiger partial charge in [0.2, 0.25) is 0 Å². The molecule has 0 fully saturated rings. The molecule has 31 heavy (non-hydrogen) atoms. The normalized spacial score (nSPS) is 15.5. The Labute approximate surface area is 180 Å². The summed E-state index contributed by atoms with van der Waals surface area (Å²) < 4.78 is 12.1. The van der Waals surface area contributed by atoms with E-state index >= 15 is 0 Å². The van der Waals surface area contributed by atoms with Gasteiger partial charge in [-0.25, -0.2) is 9.80 Å². The number of benzene rings is 2. The van der Waals surface area contributed by atoms with Crippen molar-refractivity contribution < 1.29 is 19.1 Å². The lowest BCUT2D eigenvalue weighted by Crippen LogP contribution is -2.31. The van der Waals surface area contributed by atoms with E-state index in [2.05, 4.69) is 5.10 Å². The van der Waals surface area contributed by atoms with Gasteiger partial charge in [0, 0.05) is 19.7 Å². The van der Waals surface area contributed by atoms with Crippen LogP contribution in [0, 0.1) is 0 Å². The summed E-state index contributed by atoms with van der Waals surface area (Å²) in [5.41, 5.74) is 3.08. The Balaban J connectivity index is 1.55. The van der Waals surface area contributed by atoms with E-state index in [-0.39, 0.29) is 18.6 Å². The molecule has 2 heterocycles. The number of amides is 1. The number of aryl methyl sites for hydroxylation is 1. The summed E-state index contributed by atoms with van der Waals surface area (Å²) in [6.45, 7) is -0.387. The molecular formula is C24H23N3O4. The highest BCUT2D eigenvalue weighted by Crippen LogP contribution is 2.33. The Morgan fingerprint density at radius 3 is 2.42 bits per heavy atom. The van der Waals surface area contributed by atoms with Crippen LogP contribution >= 0.6 is 0 Å². The van der Waals surface area contributed by atoms with Gasteiger partial charge in [-0.2, -0.15) is 5.10 Å². The fourth-order valence-corrected chi connectivity index (χ4v) is 3.57. The van der Waals surface area contributed by atoms with Gasteiger partial charge in [0.05, 0.1) is 18.9 Å². The van der Waals surface area contributed by atoms with Crippen molar-refractivity contribution in [3.8, 4) is 5.75 Å². The third-order valence-electron chi connectivity index (χ3n) is 5.25. The van der Waals surface area contributed by atoms with Gasteiger partial charge in [-0.3, -0.25) is 4.79 Å². The van der Waals surface area contributed by atoms with Crippen molar-refractivity contribution in [3.63, 3.8) is 0 Å². The van der Waals surface area contributed by atoms with Crippen LogP contribution in [0.1, 0.15) is 34.1 Å². The van der Waals surface area contributed by atoms with Gasteiger partial charge < -0.3 is 14.0 Å².